The van der Waals surface area contributed by atoms with E-state index in [1.54, 1.807) is 0 Å². The van der Waals surface area contributed by atoms with Crippen LogP contribution in [0.25, 0.3) is 10.1 Å². The van der Waals surface area contributed by atoms with Crippen molar-refractivity contribution in [2.75, 3.05) is 20.6 Å². The molecule has 0 amide bonds. The van der Waals surface area contributed by atoms with Crippen LogP contribution in [0.15, 0.2) is 24.3 Å². The van der Waals surface area contributed by atoms with Crippen LogP contribution in [0.1, 0.15) is 30.3 Å². The molecule has 1 N–H and O–H groups in total. The summed E-state index contributed by atoms with van der Waals surface area (Å²) in [5.41, 5.74) is 1.43. The molecule has 1 aromatic carbocycles. The van der Waals surface area contributed by atoms with Gasteiger partial charge >= 0.3 is 0 Å². The maximum atomic E-state index is 3.65. The first-order chi connectivity index (χ1) is 9.00. The van der Waals surface area contributed by atoms with E-state index in [0.29, 0.717) is 12.1 Å². The molecule has 0 aliphatic carbocycles. The predicted octanol–water partition coefficient (Wildman–Crippen LogP) is 3.81. The van der Waals surface area contributed by atoms with E-state index < -0.39 is 0 Å². The highest BCUT2D eigenvalue weighted by atomic mass is 32.1. The number of likely N-dealkylation sites (N-methyl/N-ethyl adjacent to an activating group) is 1. The van der Waals surface area contributed by atoms with Gasteiger partial charge in [-0.25, -0.2) is 0 Å². The summed E-state index contributed by atoms with van der Waals surface area (Å²) in [5, 5.41) is 5.05. The smallest absolute Gasteiger partial charge is 0.0389 e. The Labute approximate surface area is 120 Å². The molecule has 0 saturated carbocycles. The summed E-state index contributed by atoms with van der Waals surface area (Å²) in [4.78, 5) is 3.71. The lowest BCUT2D eigenvalue weighted by Gasteiger charge is -2.22. The van der Waals surface area contributed by atoms with Gasteiger partial charge < -0.3 is 10.2 Å². The molecule has 2 rings (SSSR count). The molecule has 104 valence electrons. The minimum absolute atomic E-state index is 0.416. The highest BCUT2D eigenvalue weighted by Crippen LogP contribution is 2.34. The van der Waals surface area contributed by atoms with Gasteiger partial charge in [-0.1, -0.05) is 18.2 Å². The summed E-state index contributed by atoms with van der Waals surface area (Å²) in [7, 11) is 4.25. The van der Waals surface area contributed by atoms with E-state index in [9.17, 15) is 0 Å². The fourth-order valence-electron chi connectivity index (χ4n) is 2.23. The Morgan fingerprint density at radius 1 is 1.21 bits per heavy atom. The van der Waals surface area contributed by atoms with Crippen LogP contribution in [0.3, 0.4) is 0 Å². The summed E-state index contributed by atoms with van der Waals surface area (Å²) in [6.07, 6.45) is 0. The molecule has 2 nitrogen and oxygen atoms in total. The van der Waals surface area contributed by atoms with Gasteiger partial charge in [0.05, 0.1) is 0 Å². The molecule has 2 aromatic rings. The third kappa shape index (κ3) is 3.16. The number of nitrogens with zero attached hydrogens (tertiary/aromatic N) is 1. The van der Waals surface area contributed by atoms with Crippen LogP contribution in [-0.2, 0) is 0 Å². The highest BCUT2D eigenvalue weighted by molar-refractivity contribution is 7.19. The number of fused-ring (bicyclic) bond motifs is 1. The summed E-state index contributed by atoms with van der Waals surface area (Å²) in [6.45, 7) is 7.77. The lowest BCUT2D eigenvalue weighted by molar-refractivity contribution is 0.296. The van der Waals surface area contributed by atoms with Gasteiger partial charge in [-0.2, -0.15) is 0 Å². The Hall–Kier alpha value is -0.900. The first-order valence-corrected chi connectivity index (χ1v) is 7.70. The Morgan fingerprint density at radius 3 is 2.53 bits per heavy atom. The topological polar surface area (TPSA) is 15.3 Å². The molecule has 3 heteroatoms. The molecule has 0 spiro atoms. The van der Waals surface area contributed by atoms with E-state index in [1.165, 1.54) is 20.5 Å². The van der Waals surface area contributed by atoms with Crippen LogP contribution in [-0.4, -0.2) is 31.6 Å². The SMILES string of the molecule is Cc1c(C(C)NCC(C)N(C)C)sc2ccccc12. The molecule has 0 fully saturated rings. The maximum absolute atomic E-state index is 3.65. The lowest BCUT2D eigenvalue weighted by atomic mass is 10.1. The highest BCUT2D eigenvalue weighted by Gasteiger charge is 2.15. The van der Waals surface area contributed by atoms with Crippen molar-refractivity contribution in [1.29, 1.82) is 0 Å². The first kappa shape index (κ1) is 14.5. The van der Waals surface area contributed by atoms with E-state index in [-0.39, 0.29) is 0 Å². The van der Waals surface area contributed by atoms with Crippen molar-refractivity contribution in [1.82, 2.24) is 10.2 Å². The van der Waals surface area contributed by atoms with Crippen molar-refractivity contribution < 1.29 is 0 Å². The quantitative estimate of drug-likeness (QED) is 0.893. The van der Waals surface area contributed by atoms with E-state index in [4.69, 9.17) is 0 Å². The number of nitrogens with one attached hydrogen (secondary N) is 1. The van der Waals surface area contributed by atoms with Crippen LogP contribution in [0.2, 0.25) is 0 Å². The zero-order chi connectivity index (χ0) is 14.0. The second-order valence-corrected chi connectivity index (χ2v) is 6.61. The molecule has 1 aromatic heterocycles. The Balaban J connectivity index is 2.13. The van der Waals surface area contributed by atoms with Gasteiger partial charge in [-0.3, -0.25) is 0 Å². The van der Waals surface area contributed by atoms with Crippen molar-refractivity contribution >= 4 is 21.4 Å². The van der Waals surface area contributed by atoms with Gasteiger partial charge in [0.25, 0.3) is 0 Å². The largest absolute Gasteiger partial charge is 0.308 e. The maximum Gasteiger partial charge on any atom is 0.0389 e. The zero-order valence-corrected chi connectivity index (χ0v) is 13.3. The first-order valence-electron chi connectivity index (χ1n) is 6.88. The summed E-state index contributed by atoms with van der Waals surface area (Å²) in [6, 6.07) is 9.65. The molecule has 0 aliphatic rings. The molecule has 19 heavy (non-hydrogen) atoms. The molecule has 1 heterocycles. The van der Waals surface area contributed by atoms with Crippen LogP contribution >= 0.6 is 11.3 Å². The van der Waals surface area contributed by atoms with Crippen LogP contribution in [0.4, 0.5) is 0 Å². The number of hydrogen-bond acceptors (Lipinski definition) is 3. The van der Waals surface area contributed by atoms with E-state index in [0.717, 1.165) is 6.54 Å². The van der Waals surface area contributed by atoms with Gasteiger partial charge in [-0.05, 0) is 51.9 Å². The minimum atomic E-state index is 0.416. The minimum Gasteiger partial charge on any atom is -0.308 e. The molecule has 0 aliphatic heterocycles. The van der Waals surface area contributed by atoms with Gasteiger partial charge in [-0.15, -0.1) is 11.3 Å². The number of aryl methyl sites for hydroxylation is 1. The Bertz CT molecular complexity index is 545. The lowest BCUT2D eigenvalue weighted by Crippen LogP contribution is -2.36. The number of benzene rings is 1. The van der Waals surface area contributed by atoms with Crippen molar-refractivity contribution in [2.24, 2.45) is 0 Å². The van der Waals surface area contributed by atoms with Gasteiger partial charge in [0.2, 0.25) is 0 Å². The van der Waals surface area contributed by atoms with Crippen LogP contribution < -0.4 is 5.32 Å². The van der Waals surface area contributed by atoms with Crippen LogP contribution in [0.5, 0.6) is 0 Å². The van der Waals surface area contributed by atoms with Crippen molar-refractivity contribution in [3.8, 4) is 0 Å². The number of hydrogen-bond donors (Lipinski definition) is 1. The average Bonchev–Trinajstić information content (AvgIpc) is 2.73. The Morgan fingerprint density at radius 2 is 1.89 bits per heavy atom. The van der Waals surface area contributed by atoms with Crippen LogP contribution in [0, 0.1) is 6.92 Å². The fourth-order valence-corrected chi connectivity index (χ4v) is 3.47. The van der Waals surface area contributed by atoms with Gasteiger partial charge in [0.15, 0.2) is 0 Å². The van der Waals surface area contributed by atoms with Gasteiger partial charge in [0.1, 0.15) is 0 Å². The molecular weight excluding hydrogens is 252 g/mol. The average molecular weight is 276 g/mol. The molecule has 0 radical (unpaired) electrons. The molecule has 2 unspecified atom stereocenters. The van der Waals surface area contributed by atoms with E-state index >= 15 is 0 Å². The predicted molar refractivity (Wildman–Crippen MR) is 86.1 cm³/mol. The van der Waals surface area contributed by atoms with Crippen molar-refractivity contribution in [3.05, 3.63) is 34.7 Å². The second kappa shape index (κ2) is 6.04. The molecular formula is C16H24N2S. The summed E-state index contributed by atoms with van der Waals surface area (Å²) < 4.78 is 1.39. The van der Waals surface area contributed by atoms with Crippen molar-refractivity contribution in [2.45, 2.75) is 32.9 Å². The standard InChI is InChI=1S/C16H24N2S/c1-11(18(4)5)10-17-13(3)16-12(2)14-8-6-7-9-15(14)19-16/h6-9,11,13,17H,10H2,1-5H3. The summed E-state index contributed by atoms with van der Waals surface area (Å²) in [5.74, 6) is 0. The third-order valence-electron chi connectivity index (χ3n) is 3.87. The van der Waals surface area contributed by atoms with E-state index in [1.807, 2.05) is 11.3 Å². The monoisotopic (exact) mass is 276 g/mol. The molecule has 0 saturated heterocycles. The van der Waals surface area contributed by atoms with Crippen molar-refractivity contribution in [3.63, 3.8) is 0 Å². The zero-order valence-electron chi connectivity index (χ0n) is 12.5. The Kier molecular flexibility index (Phi) is 4.61. The third-order valence-corrected chi connectivity index (χ3v) is 5.33. The summed E-state index contributed by atoms with van der Waals surface area (Å²) >= 11 is 1.92. The molecule has 2 atom stereocenters. The second-order valence-electron chi connectivity index (χ2n) is 5.53. The number of rotatable bonds is 5. The van der Waals surface area contributed by atoms with Gasteiger partial charge in [0, 0.05) is 28.2 Å². The molecule has 0 bridgehead atoms. The number of thiophene rings is 1. The van der Waals surface area contributed by atoms with E-state index in [2.05, 4.69) is 69.3 Å². The fraction of sp³-hybridized carbons (Fsp3) is 0.500. The normalized spacial score (nSPS) is 15.1.